The summed E-state index contributed by atoms with van der Waals surface area (Å²) >= 11 is 0. The first-order valence-electron chi connectivity index (χ1n) is 30.8. The van der Waals surface area contributed by atoms with Crippen LogP contribution in [0.25, 0.3) is 0 Å². The van der Waals surface area contributed by atoms with Crippen LogP contribution in [0.3, 0.4) is 0 Å². The molecule has 4 rings (SSSR count). The highest BCUT2D eigenvalue weighted by Crippen LogP contribution is 2.44. The highest BCUT2D eigenvalue weighted by molar-refractivity contribution is 5.72. The van der Waals surface area contributed by atoms with Gasteiger partial charge in [0, 0.05) is 25.7 Å². The van der Waals surface area contributed by atoms with Crippen molar-refractivity contribution in [3.63, 3.8) is 0 Å². The van der Waals surface area contributed by atoms with Gasteiger partial charge in [0.2, 0.25) is 0 Å². The molecule has 0 saturated carbocycles. The van der Waals surface area contributed by atoms with E-state index in [1.165, 1.54) is 16.7 Å². The standard InChI is InChI=1S/C74H110O11/c1-46-51(66(2,3)4)34-47(35-52(46)67(5,6)7)26-30-59(75)82-42-74(43-83-60(76)31-27-48-36-53(68(8,9)10)63(79)54(37-48)69(11,12)13,44-84-61(77)32-28-49-38-55(70(14,15)16)64(80)56(39-49)71(17,18)19)45-85-62(78)33-29-50-40-57(72(20,21)22)65(81)58(41-50)73(23,24)25/h34-41,79-81H,26-33,42-45H2,1-25H3. The van der Waals surface area contributed by atoms with Crippen LogP contribution in [0.2, 0.25) is 0 Å². The molecule has 472 valence electrons. The summed E-state index contributed by atoms with van der Waals surface area (Å²) in [7, 11) is 0. The van der Waals surface area contributed by atoms with E-state index >= 15 is 0 Å². The monoisotopic (exact) mass is 1170 g/mol. The zero-order chi connectivity index (χ0) is 65.0. The molecular formula is C74H110O11. The number of ether oxygens (including phenoxy) is 4. The Hall–Kier alpha value is -5.84. The molecule has 11 heteroatoms. The second-order valence-electron chi connectivity index (χ2n) is 32.6. The second-order valence-corrected chi connectivity index (χ2v) is 32.6. The predicted octanol–water partition coefficient (Wildman–Crippen LogP) is 16.5. The molecule has 0 bridgehead atoms. The van der Waals surface area contributed by atoms with Crippen molar-refractivity contribution < 1.29 is 53.4 Å². The van der Waals surface area contributed by atoms with Crippen molar-refractivity contribution in [2.75, 3.05) is 26.4 Å². The minimum Gasteiger partial charge on any atom is -0.507 e. The lowest BCUT2D eigenvalue weighted by atomic mass is 9.75. The van der Waals surface area contributed by atoms with E-state index in [2.05, 4.69) is 60.6 Å². The number of carbonyl (C=O) groups is 4. The van der Waals surface area contributed by atoms with Crippen molar-refractivity contribution >= 4 is 23.9 Å². The maximum absolute atomic E-state index is 14.1. The normalized spacial score (nSPS) is 13.2. The Bertz CT molecular complexity index is 2470. The first-order chi connectivity index (χ1) is 38.4. The lowest BCUT2D eigenvalue weighted by molar-refractivity contribution is -0.170. The van der Waals surface area contributed by atoms with Crippen LogP contribution < -0.4 is 0 Å². The van der Waals surface area contributed by atoms with E-state index in [1.54, 1.807) is 0 Å². The fourth-order valence-corrected chi connectivity index (χ4v) is 10.9. The molecule has 0 fully saturated rings. The summed E-state index contributed by atoms with van der Waals surface area (Å²) in [4.78, 5) is 56.5. The molecule has 11 nitrogen and oxygen atoms in total. The van der Waals surface area contributed by atoms with E-state index in [0.717, 1.165) is 55.6 Å². The number of aromatic hydroxyl groups is 3. The molecule has 0 unspecified atom stereocenters. The van der Waals surface area contributed by atoms with E-state index < -0.39 is 55.7 Å². The van der Waals surface area contributed by atoms with Gasteiger partial charge in [-0.15, -0.1) is 0 Å². The molecule has 0 heterocycles. The maximum Gasteiger partial charge on any atom is 0.306 e. The maximum atomic E-state index is 14.1. The number of rotatable bonds is 20. The van der Waals surface area contributed by atoms with Gasteiger partial charge in [0.1, 0.15) is 49.1 Å². The third-order valence-electron chi connectivity index (χ3n) is 16.1. The highest BCUT2D eigenvalue weighted by Gasteiger charge is 2.39. The molecule has 0 aliphatic carbocycles. The molecule has 4 aromatic rings. The third kappa shape index (κ3) is 20.1. The fraction of sp³-hybridized carbons (Fsp3) is 0.622. The largest absolute Gasteiger partial charge is 0.507 e. The Labute approximate surface area is 512 Å². The minimum atomic E-state index is -1.55. The van der Waals surface area contributed by atoms with Gasteiger partial charge in [-0.1, -0.05) is 215 Å². The molecule has 0 aliphatic heterocycles. The van der Waals surface area contributed by atoms with Crippen LogP contribution in [0.15, 0.2) is 48.5 Å². The number of hydrogen-bond donors (Lipinski definition) is 3. The van der Waals surface area contributed by atoms with Gasteiger partial charge in [-0.3, -0.25) is 19.2 Å². The van der Waals surface area contributed by atoms with E-state index in [-0.39, 0.29) is 86.3 Å². The van der Waals surface area contributed by atoms with Crippen molar-refractivity contribution in [3.05, 3.63) is 121 Å². The van der Waals surface area contributed by atoms with E-state index in [0.29, 0.717) is 25.7 Å². The molecule has 4 aromatic carbocycles. The van der Waals surface area contributed by atoms with Gasteiger partial charge in [0.25, 0.3) is 0 Å². The van der Waals surface area contributed by atoms with Crippen molar-refractivity contribution in [1.82, 2.24) is 0 Å². The average Bonchev–Trinajstić information content (AvgIpc) is 2.02. The molecule has 0 aliphatic rings. The van der Waals surface area contributed by atoms with Crippen molar-refractivity contribution in [1.29, 1.82) is 0 Å². The number of phenolic OH excluding ortho intramolecular Hbond substituents is 3. The summed E-state index contributed by atoms with van der Waals surface area (Å²) in [5.74, 6) is -1.56. The topological polar surface area (TPSA) is 166 Å². The van der Waals surface area contributed by atoms with E-state index in [9.17, 15) is 34.5 Å². The Kier molecular flexibility index (Phi) is 22.5. The van der Waals surface area contributed by atoms with Crippen LogP contribution in [0.5, 0.6) is 17.2 Å². The number of hydrogen-bond acceptors (Lipinski definition) is 11. The zero-order valence-electron chi connectivity index (χ0n) is 57.2. The Balaban J connectivity index is 1.76. The van der Waals surface area contributed by atoms with E-state index in [1.807, 2.05) is 161 Å². The molecule has 85 heavy (non-hydrogen) atoms. The van der Waals surface area contributed by atoms with Gasteiger partial charge in [0.15, 0.2) is 0 Å². The summed E-state index contributed by atoms with van der Waals surface area (Å²) in [6.45, 7) is 50.1. The van der Waals surface area contributed by atoms with Crippen molar-refractivity contribution in [3.8, 4) is 17.2 Å². The Morgan fingerprint density at radius 2 is 0.447 bits per heavy atom. The quantitative estimate of drug-likeness (QED) is 0.0569. The lowest BCUT2D eigenvalue weighted by Crippen LogP contribution is -2.44. The molecule has 0 atom stereocenters. The first kappa shape index (κ1) is 71.6. The summed E-state index contributed by atoms with van der Waals surface area (Å²) in [5, 5.41) is 34.3. The van der Waals surface area contributed by atoms with Gasteiger partial charge in [-0.25, -0.2) is 0 Å². The van der Waals surface area contributed by atoms with Gasteiger partial charge < -0.3 is 34.3 Å². The molecule has 0 radical (unpaired) electrons. The lowest BCUT2D eigenvalue weighted by Gasteiger charge is -2.32. The fourth-order valence-electron chi connectivity index (χ4n) is 10.9. The predicted molar refractivity (Wildman–Crippen MR) is 345 cm³/mol. The van der Waals surface area contributed by atoms with Crippen LogP contribution in [0, 0.1) is 12.3 Å². The van der Waals surface area contributed by atoms with E-state index in [4.69, 9.17) is 18.9 Å². The van der Waals surface area contributed by atoms with Crippen molar-refractivity contribution in [2.24, 2.45) is 5.41 Å². The number of carbonyl (C=O) groups excluding carboxylic acids is 4. The molecule has 0 aromatic heterocycles. The van der Waals surface area contributed by atoms with Gasteiger partial charge in [-0.2, -0.15) is 0 Å². The molecule has 0 spiro atoms. The number of aryl methyl sites for hydroxylation is 4. The zero-order valence-corrected chi connectivity index (χ0v) is 57.2. The molecular weight excluding hydrogens is 1060 g/mol. The minimum absolute atomic E-state index is 0.0187. The molecule has 3 N–H and O–H groups in total. The molecule has 0 amide bonds. The summed E-state index contributed by atoms with van der Waals surface area (Å²) in [6, 6.07) is 15.9. The summed E-state index contributed by atoms with van der Waals surface area (Å²) in [6.07, 6.45) is 1.15. The average molecular weight is 1180 g/mol. The highest BCUT2D eigenvalue weighted by atomic mass is 16.6. The van der Waals surface area contributed by atoms with Crippen molar-refractivity contribution in [2.45, 2.75) is 268 Å². The van der Waals surface area contributed by atoms with Gasteiger partial charge in [0.05, 0.1) is 0 Å². The smallest absolute Gasteiger partial charge is 0.306 e. The number of benzene rings is 4. The van der Waals surface area contributed by atoms with Crippen LogP contribution in [0.1, 0.15) is 264 Å². The van der Waals surface area contributed by atoms with Crippen LogP contribution in [-0.4, -0.2) is 65.6 Å². The number of esters is 4. The summed E-state index contributed by atoms with van der Waals surface area (Å²) < 4.78 is 24.5. The summed E-state index contributed by atoms with van der Waals surface area (Å²) in [5.41, 5.74) is 7.60. The second kappa shape index (κ2) is 26.6. The van der Waals surface area contributed by atoms with Crippen LogP contribution >= 0.6 is 0 Å². The van der Waals surface area contributed by atoms with Gasteiger partial charge in [-0.05, 0) is 148 Å². The number of phenols is 3. The molecule has 0 saturated heterocycles. The van der Waals surface area contributed by atoms with Crippen LogP contribution in [-0.2, 0) is 107 Å². The van der Waals surface area contributed by atoms with Crippen LogP contribution in [0.4, 0.5) is 0 Å². The Morgan fingerprint density at radius 1 is 0.294 bits per heavy atom. The third-order valence-corrected chi connectivity index (χ3v) is 16.1. The Morgan fingerprint density at radius 3 is 0.600 bits per heavy atom. The SMILES string of the molecule is Cc1c(C(C)(C)C)cc(CCC(=O)OCC(COC(=O)CCc2cc(C(C)(C)C)c(O)c(C(C)(C)C)c2)(COC(=O)CCc2cc(C(C)(C)C)c(O)c(C(C)(C)C)c2)COC(=O)CCc2cc(C(C)(C)C)c(O)c(C(C)(C)C)c2)cc1C(C)(C)C. The van der Waals surface area contributed by atoms with Gasteiger partial charge >= 0.3 is 23.9 Å². The first-order valence-corrected chi connectivity index (χ1v) is 30.8.